The van der Waals surface area contributed by atoms with Crippen molar-refractivity contribution in [3.05, 3.63) is 30.1 Å². The van der Waals surface area contributed by atoms with Gasteiger partial charge in [-0.15, -0.1) is 0 Å². The van der Waals surface area contributed by atoms with Gasteiger partial charge < -0.3 is 4.74 Å². The Kier molecular flexibility index (Phi) is 2.83. The van der Waals surface area contributed by atoms with E-state index < -0.39 is 12.5 Å². The van der Waals surface area contributed by atoms with Crippen LogP contribution in [0.15, 0.2) is 18.2 Å². The Morgan fingerprint density at radius 2 is 2.36 bits per heavy atom. The standard InChI is InChI=1S/C8H7F2O/c9-4-5-11-8-3-1-2-7(10)6-8/h1-2,6H,4-5H2. The van der Waals surface area contributed by atoms with Crippen molar-refractivity contribution in [2.75, 3.05) is 13.3 Å². The molecule has 0 saturated carbocycles. The molecule has 0 aliphatic carbocycles. The fourth-order valence-corrected chi connectivity index (χ4v) is 0.650. The van der Waals surface area contributed by atoms with Gasteiger partial charge in [0.15, 0.2) is 0 Å². The van der Waals surface area contributed by atoms with Crippen molar-refractivity contribution in [3.63, 3.8) is 0 Å². The lowest BCUT2D eigenvalue weighted by molar-refractivity contribution is 0.272. The largest absolute Gasteiger partial charge is 0.490 e. The maximum Gasteiger partial charge on any atom is 0.130 e. The van der Waals surface area contributed by atoms with E-state index >= 15 is 0 Å². The van der Waals surface area contributed by atoms with Crippen molar-refractivity contribution in [1.82, 2.24) is 0 Å². The third-order valence-corrected chi connectivity index (χ3v) is 1.07. The normalized spacial score (nSPS) is 9.64. The minimum atomic E-state index is -0.579. The van der Waals surface area contributed by atoms with E-state index in [0.717, 1.165) is 6.07 Å². The number of halogens is 2. The van der Waals surface area contributed by atoms with Crippen LogP contribution in [0.2, 0.25) is 0 Å². The molecule has 1 aromatic rings. The predicted molar refractivity (Wildman–Crippen MR) is 36.7 cm³/mol. The highest BCUT2D eigenvalue weighted by Gasteiger charge is 1.94. The molecule has 0 aromatic heterocycles. The average Bonchev–Trinajstić information content (AvgIpc) is 2.01. The van der Waals surface area contributed by atoms with E-state index in [-0.39, 0.29) is 12.4 Å². The number of alkyl halides is 1. The molecule has 0 aliphatic heterocycles. The number of benzene rings is 1. The fraction of sp³-hybridized carbons (Fsp3) is 0.250. The van der Waals surface area contributed by atoms with Gasteiger partial charge in [-0.25, -0.2) is 8.78 Å². The van der Waals surface area contributed by atoms with Crippen molar-refractivity contribution in [3.8, 4) is 5.75 Å². The Morgan fingerprint density at radius 3 is 3.00 bits per heavy atom. The lowest BCUT2D eigenvalue weighted by atomic mass is 10.3. The first kappa shape index (κ1) is 7.98. The quantitative estimate of drug-likeness (QED) is 0.651. The lowest BCUT2D eigenvalue weighted by Crippen LogP contribution is -1.98. The molecule has 0 unspecified atom stereocenters. The van der Waals surface area contributed by atoms with E-state index in [1.807, 2.05) is 0 Å². The minimum absolute atomic E-state index is 0.0556. The van der Waals surface area contributed by atoms with E-state index in [1.54, 1.807) is 0 Å². The van der Waals surface area contributed by atoms with E-state index in [2.05, 4.69) is 6.07 Å². The third-order valence-electron chi connectivity index (χ3n) is 1.07. The number of hydrogen-bond donors (Lipinski definition) is 0. The van der Waals surface area contributed by atoms with Crippen LogP contribution >= 0.6 is 0 Å². The highest BCUT2D eigenvalue weighted by atomic mass is 19.1. The first-order valence-electron chi connectivity index (χ1n) is 3.19. The highest BCUT2D eigenvalue weighted by molar-refractivity contribution is 5.20. The molecular weight excluding hydrogens is 150 g/mol. The average molecular weight is 157 g/mol. The van der Waals surface area contributed by atoms with Crippen LogP contribution < -0.4 is 4.74 Å². The zero-order chi connectivity index (χ0) is 8.10. The topological polar surface area (TPSA) is 9.23 Å². The molecule has 0 fully saturated rings. The summed E-state index contributed by atoms with van der Waals surface area (Å²) < 4.78 is 28.7. The second-order valence-corrected chi connectivity index (χ2v) is 1.91. The molecule has 0 saturated heterocycles. The van der Waals surface area contributed by atoms with Gasteiger partial charge in [0.25, 0.3) is 0 Å². The first-order valence-corrected chi connectivity index (χ1v) is 3.19. The highest BCUT2D eigenvalue weighted by Crippen LogP contribution is 2.10. The van der Waals surface area contributed by atoms with Gasteiger partial charge in [-0.05, 0) is 12.1 Å². The van der Waals surface area contributed by atoms with Gasteiger partial charge in [0.05, 0.1) is 0 Å². The van der Waals surface area contributed by atoms with Crippen LogP contribution in [0.4, 0.5) is 8.78 Å². The molecule has 0 aliphatic rings. The first-order chi connectivity index (χ1) is 5.33. The fourth-order valence-electron chi connectivity index (χ4n) is 0.650. The molecule has 1 rings (SSSR count). The summed E-state index contributed by atoms with van der Waals surface area (Å²) in [5.41, 5.74) is 0. The van der Waals surface area contributed by atoms with Gasteiger partial charge in [-0.2, -0.15) is 0 Å². The maximum atomic E-state index is 12.4. The van der Waals surface area contributed by atoms with Gasteiger partial charge in [0.2, 0.25) is 0 Å². The van der Waals surface area contributed by atoms with Gasteiger partial charge in [-0.1, -0.05) is 0 Å². The van der Waals surface area contributed by atoms with Crippen molar-refractivity contribution in [2.24, 2.45) is 0 Å². The Bertz CT molecular complexity index is 225. The van der Waals surface area contributed by atoms with E-state index in [4.69, 9.17) is 4.74 Å². The van der Waals surface area contributed by atoms with Crippen LogP contribution in [0.1, 0.15) is 0 Å². The molecule has 0 bridgehead atoms. The van der Waals surface area contributed by atoms with Crippen LogP contribution in [0.5, 0.6) is 5.75 Å². The van der Waals surface area contributed by atoms with Crippen LogP contribution in [-0.4, -0.2) is 13.3 Å². The second-order valence-electron chi connectivity index (χ2n) is 1.91. The third kappa shape index (κ3) is 2.53. The Balaban J connectivity index is 2.56. The van der Waals surface area contributed by atoms with Crippen LogP contribution in [0.3, 0.4) is 0 Å². The SMILES string of the molecule is FCCOc1[c]ccc(F)c1. The molecule has 1 nitrogen and oxygen atoms in total. The minimum Gasteiger partial charge on any atom is -0.490 e. The van der Waals surface area contributed by atoms with Crippen molar-refractivity contribution in [1.29, 1.82) is 0 Å². The van der Waals surface area contributed by atoms with E-state index in [0.29, 0.717) is 0 Å². The smallest absolute Gasteiger partial charge is 0.130 e. The summed E-state index contributed by atoms with van der Waals surface area (Å²) >= 11 is 0. The summed E-state index contributed by atoms with van der Waals surface area (Å²) in [5, 5.41) is 0. The number of rotatable bonds is 3. The Labute approximate surface area is 63.6 Å². The summed E-state index contributed by atoms with van der Waals surface area (Å²) in [4.78, 5) is 0. The van der Waals surface area contributed by atoms with Crippen LogP contribution in [0.25, 0.3) is 0 Å². The van der Waals surface area contributed by atoms with Crippen LogP contribution in [-0.2, 0) is 0 Å². The second kappa shape index (κ2) is 3.91. The van der Waals surface area contributed by atoms with Gasteiger partial charge in [0.1, 0.15) is 24.8 Å². The van der Waals surface area contributed by atoms with Gasteiger partial charge in [0, 0.05) is 12.1 Å². The molecular formula is C8H7F2O. The van der Waals surface area contributed by atoms with E-state index in [1.165, 1.54) is 12.1 Å². The van der Waals surface area contributed by atoms with Crippen molar-refractivity contribution >= 4 is 0 Å². The Hall–Kier alpha value is -1.12. The molecule has 3 heteroatoms. The molecule has 0 atom stereocenters. The molecule has 0 amide bonds. The maximum absolute atomic E-state index is 12.4. The summed E-state index contributed by atoms with van der Waals surface area (Å²) in [6, 6.07) is 6.42. The summed E-state index contributed by atoms with van der Waals surface area (Å²) in [6.45, 7) is -0.635. The number of ether oxygens (including phenoxy) is 1. The molecule has 1 aromatic carbocycles. The molecule has 59 valence electrons. The van der Waals surface area contributed by atoms with Crippen molar-refractivity contribution < 1.29 is 13.5 Å². The van der Waals surface area contributed by atoms with Gasteiger partial charge in [-0.3, -0.25) is 0 Å². The summed E-state index contributed by atoms with van der Waals surface area (Å²) in [7, 11) is 0. The molecule has 0 heterocycles. The monoisotopic (exact) mass is 157 g/mol. The number of hydrogen-bond acceptors (Lipinski definition) is 1. The van der Waals surface area contributed by atoms with E-state index in [9.17, 15) is 8.78 Å². The molecule has 0 spiro atoms. The zero-order valence-corrected chi connectivity index (χ0v) is 5.81. The summed E-state index contributed by atoms with van der Waals surface area (Å²) in [6.07, 6.45) is 0. The lowest BCUT2D eigenvalue weighted by Gasteiger charge is -2.01. The molecule has 11 heavy (non-hydrogen) atoms. The zero-order valence-electron chi connectivity index (χ0n) is 5.81. The summed E-state index contributed by atoms with van der Waals surface area (Å²) in [5.74, 6) is -0.166. The van der Waals surface area contributed by atoms with Gasteiger partial charge >= 0.3 is 0 Å². The van der Waals surface area contributed by atoms with Crippen LogP contribution in [0, 0.1) is 11.9 Å². The Morgan fingerprint density at radius 1 is 1.55 bits per heavy atom. The van der Waals surface area contributed by atoms with Crippen molar-refractivity contribution in [2.45, 2.75) is 0 Å². The molecule has 0 N–H and O–H groups in total. The molecule has 1 radical (unpaired) electrons. The predicted octanol–water partition coefficient (Wildman–Crippen LogP) is 1.97.